The molecule has 0 aliphatic carbocycles. The smallest absolute Gasteiger partial charge is 0.106 e. The lowest BCUT2D eigenvalue weighted by atomic mass is 10.1. The third kappa shape index (κ3) is 2.93. The molecule has 0 aliphatic heterocycles. The Morgan fingerprint density at radius 1 is 1.33 bits per heavy atom. The summed E-state index contributed by atoms with van der Waals surface area (Å²) in [6, 6.07) is 8.39. The van der Waals surface area contributed by atoms with Crippen molar-refractivity contribution in [3.05, 3.63) is 52.0 Å². The highest BCUT2D eigenvalue weighted by molar-refractivity contribution is 9.10. The second-order valence-electron chi connectivity index (χ2n) is 3.64. The van der Waals surface area contributed by atoms with Crippen LogP contribution in [-0.2, 0) is 12.8 Å². The van der Waals surface area contributed by atoms with E-state index < -0.39 is 0 Å². The van der Waals surface area contributed by atoms with Crippen LogP contribution in [0, 0.1) is 6.92 Å². The number of nitrogens with zero attached hydrogens (tertiary/aromatic N) is 1. The Balaban J connectivity index is 1.99. The quantitative estimate of drug-likeness (QED) is 0.906. The third-order valence-corrected chi connectivity index (χ3v) is 2.79. The van der Waals surface area contributed by atoms with Crippen LogP contribution in [0.5, 0.6) is 0 Å². The van der Waals surface area contributed by atoms with Crippen molar-refractivity contribution in [2.75, 3.05) is 0 Å². The van der Waals surface area contributed by atoms with E-state index in [-0.39, 0.29) is 0 Å². The number of halogens is 1. The van der Waals surface area contributed by atoms with Crippen molar-refractivity contribution in [2.45, 2.75) is 19.8 Å². The molecule has 0 saturated heterocycles. The second-order valence-corrected chi connectivity index (χ2v) is 4.56. The first kappa shape index (κ1) is 10.4. The summed E-state index contributed by atoms with van der Waals surface area (Å²) in [7, 11) is 0. The molecule has 1 aromatic heterocycles. The minimum Gasteiger partial charge on any atom is -0.346 e. The maximum atomic E-state index is 4.29. The highest BCUT2D eigenvalue weighted by Gasteiger charge is 1.99. The minimum absolute atomic E-state index is 0.963. The van der Waals surface area contributed by atoms with Gasteiger partial charge in [-0.05, 0) is 31.0 Å². The summed E-state index contributed by atoms with van der Waals surface area (Å²) >= 11 is 3.47. The fourth-order valence-electron chi connectivity index (χ4n) is 1.55. The van der Waals surface area contributed by atoms with Gasteiger partial charge in [-0.2, -0.15) is 0 Å². The Morgan fingerprint density at radius 3 is 2.87 bits per heavy atom. The van der Waals surface area contributed by atoms with Gasteiger partial charge >= 0.3 is 0 Å². The SMILES string of the molecule is Cc1cnc(CCc2cccc(Br)c2)[nH]1. The Labute approximate surface area is 97.9 Å². The van der Waals surface area contributed by atoms with Gasteiger partial charge < -0.3 is 4.98 Å². The number of imidazole rings is 1. The number of aromatic amines is 1. The van der Waals surface area contributed by atoms with Gasteiger partial charge in [-0.25, -0.2) is 4.98 Å². The number of H-pyrrole nitrogens is 1. The zero-order valence-corrected chi connectivity index (χ0v) is 10.2. The predicted molar refractivity (Wildman–Crippen MR) is 64.9 cm³/mol. The Morgan fingerprint density at radius 2 is 2.20 bits per heavy atom. The first-order chi connectivity index (χ1) is 7.24. The molecule has 0 amide bonds. The number of aryl methyl sites for hydroxylation is 3. The molecule has 1 heterocycles. The van der Waals surface area contributed by atoms with E-state index in [1.807, 2.05) is 19.2 Å². The summed E-state index contributed by atoms with van der Waals surface area (Å²) < 4.78 is 1.13. The molecule has 1 aromatic carbocycles. The molecule has 0 atom stereocenters. The lowest BCUT2D eigenvalue weighted by molar-refractivity contribution is 0.880. The van der Waals surface area contributed by atoms with E-state index in [0.717, 1.165) is 28.8 Å². The molecule has 0 saturated carbocycles. The summed E-state index contributed by atoms with van der Waals surface area (Å²) in [6.45, 7) is 2.02. The molecule has 0 bridgehead atoms. The second kappa shape index (κ2) is 4.62. The minimum atomic E-state index is 0.963. The van der Waals surface area contributed by atoms with Crippen molar-refractivity contribution in [3.63, 3.8) is 0 Å². The van der Waals surface area contributed by atoms with Gasteiger partial charge in [0.15, 0.2) is 0 Å². The van der Waals surface area contributed by atoms with E-state index in [9.17, 15) is 0 Å². The number of benzene rings is 1. The number of hydrogen-bond donors (Lipinski definition) is 1. The zero-order valence-electron chi connectivity index (χ0n) is 8.63. The van der Waals surface area contributed by atoms with E-state index in [1.54, 1.807) is 0 Å². The van der Waals surface area contributed by atoms with E-state index in [4.69, 9.17) is 0 Å². The molecule has 0 aliphatic rings. The summed E-state index contributed by atoms with van der Waals surface area (Å²) in [5, 5.41) is 0. The molecule has 0 fully saturated rings. The Kier molecular flexibility index (Phi) is 3.21. The van der Waals surface area contributed by atoms with E-state index >= 15 is 0 Å². The lowest BCUT2D eigenvalue weighted by Crippen LogP contribution is -1.93. The standard InChI is InChI=1S/C12H13BrN2/c1-9-8-14-12(15-9)6-5-10-3-2-4-11(13)7-10/h2-4,7-8H,5-6H2,1H3,(H,14,15). The van der Waals surface area contributed by atoms with Crippen LogP contribution in [0.3, 0.4) is 0 Å². The van der Waals surface area contributed by atoms with Gasteiger partial charge in [-0.15, -0.1) is 0 Å². The number of hydrogen-bond acceptors (Lipinski definition) is 1. The van der Waals surface area contributed by atoms with Crippen LogP contribution >= 0.6 is 15.9 Å². The summed E-state index contributed by atoms with van der Waals surface area (Å²) in [5.74, 6) is 1.06. The highest BCUT2D eigenvalue weighted by Crippen LogP contribution is 2.13. The number of aromatic nitrogens is 2. The molecule has 3 heteroatoms. The lowest BCUT2D eigenvalue weighted by Gasteiger charge is -1.99. The van der Waals surface area contributed by atoms with Crippen LogP contribution in [0.15, 0.2) is 34.9 Å². The maximum absolute atomic E-state index is 4.29. The fraction of sp³-hybridized carbons (Fsp3) is 0.250. The topological polar surface area (TPSA) is 28.7 Å². The molecule has 0 radical (unpaired) electrons. The van der Waals surface area contributed by atoms with Crippen molar-refractivity contribution in [2.24, 2.45) is 0 Å². The third-order valence-electron chi connectivity index (χ3n) is 2.30. The molecule has 2 aromatic rings. The fourth-order valence-corrected chi connectivity index (χ4v) is 2.00. The van der Waals surface area contributed by atoms with E-state index in [0.29, 0.717) is 0 Å². The van der Waals surface area contributed by atoms with Crippen LogP contribution in [-0.4, -0.2) is 9.97 Å². The molecule has 0 unspecified atom stereocenters. The van der Waals surface area contributed by atoms with Gasteiger partial charge in [0.05, 0.1) is 0 Å². The maximum Gasteiger partial charge on any atom is 0.106 e. The number of rotatable bonds is 3. The van der Waals surface area contributed by atoms with Gasteiger partial charge in [-0.3, -0.25) is 0 Å². The van der Waals surface area contributed by atoms with Crippen LogP contribution in [0.25, 0.3) is 0 Å². The highest BCUT2D eigenvalue weighted by atomic mass is 79.9. The van der Waals surface area contributed by atoms with Crippen molar-refractivity contribution in [1.82, 2.24) is 9.97 Å². The van der Waals surface area contributed by atoms with Crippen molar-refractivity contribution >= 4 is 15.9 Å². The van der Waals surface area contributed by atoms with Crippen LogP contribution in [0.2, 0.25) is 0 Å². The van der Waals surface area contributed by atoms with Gasteiger partial charge in [0.2, 0.25) is 0 Å². The van der Waals surface area contributed by atoms with Gasteiger partial charge in [0, 0.05) is 22.8 Å². The largest absolute Gasteiger partial charge is 0.346 e. The molecular weight excluding hydrogens is 252 g/mol. The molecule has 78 valence electrons. The molecular formula is C12H13BrN2. The molecule has 2 rings (SSSR count). The first-order valence-corrected chi connectivity index (χ1v) is 5.78. The zero-order chi connectivity index (χ0) is 10.7. The van der Waals surface area contributed by atoms with Crippen LogP contribution in [0.4, 0.5) is 0 Å². The monoisotopic (exact) mass is 264 g/mol. The van der Waals surface area contributed by atoms with Gasteiger partial charge in [0.1, 0.15) is 5.82 Å². The first-order valence-electron chi connectivity index (χ1n) is 4.99. The van der Waals surface area contributed by atoms with Crippen molar-refractivity contribution < 1.29 is 0 Å². The van der Waals surface area contributed by atoms with E-state index in [1.165, 1.54) is 5.56 Å². The Hall–Kier alpha value is -1.09. The molecule has 15 heavy (non-hydrogen) atoms. The summed E-state index contributed by atoms with van der Waals surface area (Å²) in [6.07, 6.45) is 3.85. The van der Waals surface area contributed by atoms with Crippen LogP contribution < -0.4 is 0 Å². The van der Waals surface area contributed by atoms with Gasteiger partial charge in [0.25, 0.3) is 0 Å². The average Bonchev–Trinajstić information content (AvgIpc) is 2.62. The van der Waals surface area contributed by atoms with Crippen molar-refractivity contribution in [3.8, 4) is 0 Å². The molecule has 2 nitrogen and oxygen atoms in total. The summed E-state index contributed by atoms with van der Waals surface area (Å²) in [5.41, 5.74) is 2.46. The van der Waals surface area contributed by atoms with Crippen molar-refractivity contribution in [1.29, 1.82) is 0 Å². The normalized spacial score (nSPS) is 10.5. The molecule has 0 spiro atoms. The average molecular weight is 265 g/mol. The number of nitrogens with one attached hydrogen (secondary N) is 1. The summed E-state index contributed by atoms with van der Waals surface area (Å²) in [4.78, 5) is 7.52. The predicted octanol–water partition coefficient (Wildman–Crippen LogP) is 3.27. The van der Waals surface area contributed by atoms with Crippen LogP contribution in [0.1, 0.15) is 17.1 Å². The molecule has 1 N–H and O–H groups in total. The van der Waals surface area contributed by atoms with E-state index in [2.05, 4.69) is 44.1 Å². The van der Waals surface area contributed by atoms with Gasteiger partial charge in [-0.1, -0.05) is 28.1 Å². The Bertz CT molecular complexity index is 448.